The molecule has 0 saturated heterocycles. The highest BCUT2D eigenvalue weighted by Gasteiger charge is 2.14. The van der Waals surface area contributed by atoms with Crippen LogP contribution in [0.1, 0.15) is 54.9 Å². The standard InChI is InChI=1S/C28H32BrNO3/c1-2-3-4-5-9-19-32-25-15-13-24(14-16-25)30-28(31)26-21-23(29)12-17-27(26)33-20-18-22-10-7-6-8-11-22/h6-8,10-17,21H,2-5,9,18-20H2,1H3,(H,30,31). The van der Waals surface area contributed by atoms with Crippen LogP contribution in [0.2, 0.25) is 0 Å². The Morgan fingerprint density at radius 2 is 1.61 bits per heavy atom. The van der Waals surface area contributed by atoms with Gasteiger partial charge in [0.05, 0.1) is 18.8 Å². The summed E-state index contributed by atoms with van der Waals surface area (Å²) in [4.78, 5) is 13.0. The van der Waals surface area contributed by atoms with Gasteiger partial charge in [-0.1, -0.05) is 78.9 Å². The Kier molecular flexibility index (Phi) is 10.3. The Labute approximate surface area is 205 Å². The van der Waals surface area contributed by atoms with Crippen molar-refractivity contribution in [3.8, 4) is 11.5 Å². The number of unbranched alkanes of at least 4 members (excludes halogenated alkanes) is 4. The highest BCUT2D eigenvalue weighted by Crippen LogP contribution is 2.25. The summed E-state index contributed by atoms with van der Waals surface area (Å²) in [5.41, 5.74) is 2.40. The maximum Gasteiger partial charge on any atom is 0.259 e. The van der Waals surface area contributed by atoms with Gasteiger partial charge in [-0.2, -0.15) is 0 Å². The first-order valence-corrected chi connectivity index (χ1v) is 12.5. The summed E-state index contributed by atoms with van der Waals surface area (Å²) in [6.07, 6.45) is 6.83. The van der Waals surface area contributed by atoms with Crippen molar-refractivity contribution in [1.82, 2.24) is 0 Å². The van der Waals surface area contributed by atoms with E-state index in [0.29, 0.717) is 23.6 Å². The van der Waals surface area contributed by atoms with E-state index in [2.05, 4.69) is 40.3 Å². The van der Waals surface area contributed by atoms with Crippen molar-refractivity contribution in [2.24, 2.45) is 0 Å². The van der Waals surface area contributed by atoms with Gasteiger partial charge in [-0.3, -0.25) is 4.79 Å². The summed E-state index contributed by atoms with van der Waals surface area (Å²) in [6, 6.07) is 23.1. The maximum absolute atomic E-state index is 13.0. The van der Waals surface area contributed by atoms with Crippen LogP contribution < -0.4 is 14.8 Å². The molecule has 0 radical (unpaired) electrons. The van der Waals surface area contributed by atoms with Crippen molar-refractivity contribution >= 4 is 27.5 Å². The lowest BCUT2D eigenvalue weighted by molar-refractivity contribution is 0.102. The second-order valence-electron chi connectivity index (χ2n) is 7.97. The van der Waals surface area contributed by atoms with Gasteiger partial charge in [0.15, 0.2) is 0 Å². The summed E-state index contributed by atoms with van der Waals surface area (Å²) in [5.74, 6) is 1.17. The molecule has 4 nitrogen and oxygen atoms in total. The third-order valence-electron chi connectivity index (χ3n) is 5.31. The van der Waals surface area contributed by atoms with Crippen LogP contribution in [0.3, 0.4) is 0 Å². The number of halogens is 1. The number of rotatable bonds is 13. The molecule has 0 unspecified atom stereocenters. The van der Waals surface area contributed by atoms with Crippen molar-refractivity contribution in [3.63, 3.8) is 0 Å². The zero-order valence-electron chi connectivity index (χ0n) is 19.2. The highest BCUT2D eigenvalue weighted by molar-refractivity contribution is 9.10. The van der Waals surface area contributed by atoms with E-state index in [1.165, 1.54) is 31.2 Å². The first-order valence-electron chi connectivity index (χ1n) is 11.7. The van der Waals surface area contributed by atoms with Gasteiger partial charge in [0.25, 0.3) is 5.91 Å². The minimum Gasteiger partial charge on any atom is -0.494 e. The van der Waals surface area contributed by atoms with Crippen LogP contribution in [0.25, 0.3) is 0 Å². The average Bonchev–Trinajstić information content (AvgIpc) is 2.84. The zero-order valence-corrected chi connectivity index (χ0v) is 20.8. The molecular weight excluding hydrogens is 478 g/mol. The molecule has 1 amide bonds. The molecule has 0 aromatic heterocycles. The molecule has 0 fully saturated rings. The first-order chi connectivity index (χ1) is 16.2. The lowest BCUT2D eigenvalue weighted by Gasteiger charge is -2.13. The predicted molar refractivity (Wildman–Crippen MR) is 138 cm³/mol. The Hall–Kier alpha value is -2.79. The predicted octanol–water partition coefficient (Wildman–Crippen LogP) is 7.67. The van der Waals surface area contributed by atoms with Gasteiger partial charge in [0.1, 0.15) is 11.5 Å². The fourth-order valence-electron chi connectivity index (χ4n) is 3.46. The molecule has 0 aliphatic carbocycles. The number of hydrogen-bond donors (Lipinski definition) is 1. The SMILES string of the molecule is CCCCCCCOc1ccc(NC(=O)c2cc(Br)ccc2OCCc2ccccc2)cc1. The lowest BCUT2D eigenvalue weighted by Crippen LogP contribution is -2.14. The number of anilines is 1. The van der Waals surface area contributed by atoms with E-state index in [9.17, 15) is 4.79 Å². The molecule has 0 aliphatic heterocycles. The monoisotopic (exact) mass is 509 g/mol. The zero-order chi connectivity index (χ0) is 23.3. The Balaban J connectivity index is 1.53. The molecule has 1 N–H and O–H groups in total. The third-order valence-corrected chi connectivity index (χ3v) is 5.80. The van der Waals surface area contributed by atoms with Crippen molar-refractivity contribution in [3.05, 3.63) is 88.4 Å². The van der Waals surface area contributed by atoms with Gasteiger partial charge in [-0.25, -0.2) is 0 Å². The third kappa shape index (κ3) is 8.58. The topological polar surface area (TPSA) is 47.6 Å². The molecule has 0 heterocycles. The van der Waals surface area contributed by atoms with Crippen LogP contribution in [0.5, 0.6) is 11.5 Å². The van der Waals surface area contributed by atoms with Crippen LogP contribution in [0, 0.1) is 0 Å². The Morgan fingerprint density at radius 1 is 0.848 bits per heavy atom. The minimum atomic E-state index is -0.212. The number of amides is 1. The quantitative estimate of drug-likeness (QED) is 0.240. The molecule has 0 atom stereocenters. The summed E-state index contributed by atoms with van der Waals surface area (Å²) in [6.45, 7) is 3.43. The molecule has 5 heteroatoms. The van der Waals surface area contributed by atoms with E-state index in [0.717, 1.165) is 29.7 Å². The highest BCUT2D eigenvalue weighted by atomic mass is 79.9. The number of nitrogens with one attached hydrogen (secondary N) is 1. The van der Waals surface area contributed by atoms with Crippen molar-refractivity contribution in [2.75, 3.05) is 18.5 Å². The van der Waals surface area contributed by atoms with Crippen molar-refractivity contribution in [1.29, 1.82) is 0 Å². The molecule has 0 spiro atoms. The second kappa shape index (κ2) is 13.7. The Bertz CT molecular complexity index is 990. The number of ether oxygens (including phenoxy) is 2. The molecule has 33 heavy (non-hydrogen) atoms. The lowest BCUT2D eigenvalue weighted by atomic mass is 10.1. The largest absolute Gasteiger partial charge is 0.494 e. The van der Waals surface area contributed by atoms with Gasteiger partial charge in [-0.05, 0) is 54.4 Å². The molecule has 174 valence electrons. The number of hydrogen-bond acceptors (Lipinski definition) is 3. The number of benzene rings is 3. The van der Waals surface area contributed by atoms with Crippen LogP contribution >= 0.6 is 15.9 Å². The average molecular weight is 510 g/mol. The minimum absolute atomic E-state index is 0.212. The maximum atomic E-state index is 13.0. The molecule has 3 aromatic carbocycles. The van der Waals surface area contributed by atoms with Gasteiger partial charge < -0.3 is 14.8 Å². The van der Waals surface area contributed by atoms with E-state index >= 15 is 0 Å². The van der Waals surface area contributed by atoms with Crippen LogP contribution in [0.4, 0.5) is 5.69 Å². The first kappa shape index (κ1) is 24.8. The number of carbonyl (C=O) groups is 1. The second-order valence-corrected chi connectivity index (χ2v) is 8.88. The van der Waals surface area contributed by atoms with E-state index < -0.39 is 0 Å². The molecule has 0 saturated carbocycles. The van der Waals surface area contributed by atoms with Crippen LogP contribution in [-0.4, -0.2) is 19.1 Å². The van der Waals surface area contributed by atoms with Gasteiger partial charge in [0, 0.05) is 16.6 Å². The fraction of sp³-hybridized carbons (Fsp3) is 0.321. The fourth-order valence-corrected chi connectivity index (χ4v) is 3.82. The van der Waals surface area contributed by atoms with E-state index in [-0.39, 0.29) is 5.91 Å². The van der Waals surface area contributed by atoms with Crippen molar-refractivity contribution in [2.45, 2.75) is 45.4 Å². The summed E-state index contributed by atoms with van der Waals surface area (Å²) in [7, 11) is 0. The summed E-state index contributed by atoms with van der Waals surface area (Å²) >= 11 is 3.46. The van der Waals surface area contributed by atoms with Gasteiger partial charge in [-0.15, -0.1) is 0 Å². The van der Waals surface area contributed by atoms with E-state index in [1.54, 1.807) is 6.07 Å². The van der Waals surface area contributed by atoms with Gasteiger partial charge >= 0.3 is 0 Å². The molecular formula is C28H32BrNO3. The Morgan fingerprint density at radius 3 is 2.36 bits per heavy atom. The molecule has 3 rings (SSSR count). The van der Waals surface area contributed by atoms with Crippen LogP contribution in [-0.2, 0) is 6.42 Å². The molecule has 0 aliphatic rings. The van der Waals surface area contributed by atoms with Crippen molar-refractivity contribution < 1.29 is 14.3 Å². The van der Waals surface area contributed by atoms with E-state index in [1.807, 2.05) is 54.6 Å². The normalized spacial score (nSPS) is 10.6. The van der Waals surface area contributed by atoms with Crippen LogP contribution in [0.15, 0.2) is 77.3 Å². The molecule has 3 aromatic rings. The smallest absolute Gasteiger partial charge is 0.259 e. The van der Waals surface area contributed by atoms with Gasteiger partial charge in [0.2, 0.25) is 0 Å². The summed E-state index contributed by atoms with van der Waals surface area (Å²) in [5, 5.41) is 2.96. The van der Waals surface area contributed by atoms with E-state index in [4.69, 9.17) is 9.47 Å². The molecule has 0 bridgehead atoms. The number of carbonyl (C=O) groups excluding carboxylic acids is 1. The summed E-state index contributed by atoms with van der Waals surface area (Å²) < 4.78 is 12.6.